The number of aromatic carboxylic acids is 1. The summed E-state index contributed by atoms with van der Waals surface area (Å²) in [6.45, 7) is 0.526. The maximum absolute atomic E-state index is 11.1. The number of carboxylic acid groups (broad SMARTS) is 1. The minimum atomic E-state index is -0.955. The van der Waals surface area contributed by atoms with Crippen molar-refractivity contribution in [2.75, 3.05) is 5.32 Å². The average molecular weight is 310 g/mol. The lowest BCUT2D eigenvalue weighted by Crippen LogP contribution is -2.09. The molecular formula is C12H12BrN3O2. The molecule has 94 valence electrons. The predicted octanol–water partition coefficient (Wildman–Crippen LogP) is 2.49. The van der Waals surface area contributed by atoms with Crippen LogP contribution < -0.4 is 5.32 Å². The average Bonchev–Trinajstić information content (AvgIpc) is 2.73. The largest absolute Gasteiger partial charge is 0.478 e. The van der Waals surface area contributed by atoms with Gasteiger partial charge in [0.15, 0.2) is 0 Å². The minimum Gasteiger partial charge on any atom is -0.478 e. The van der Waals surface area contributed by atoms with Crippen LogP contribution in [-0.2, 0) is 13.6 Å². The van der Waals surface area contributed by atoms with Gasteiger partial charge in [0, 0.05) is 23.4 Å². The number of aryl methyl sites for hydroxylation is 1. The lowest BCUT2D eigenvalue weighted by molar-refractivity contribution is 0.0698. The third-order valence-corrected chi connectivity index (χ3v) is 3.09. The fourth-order valence-corrected chi connectivity index (χ4v) is 1.97. The third kappa shape index (κ3) is 2.70. The summed E-state index contributed by atoms with van der Waals surface area (Å²) in [4.78, 5) is 11.1. The molecule has 2 rings (SSSR count). The zero-order valence-electron chi connectivity index (χ0n) is 9.72. The Labute approximate surface area is 113 Å². The summed E-state index contributed by atoms with van der Waals surface area (Å²) in [5, 5.41) is 16.3. The number of anilines is 1. The Bertz CT molecular complexity index is 580. The Morgan fingerprint density at radius 1 is 1.50 bits per heavy atom. The topological polar surface area (TPSA) is 67.2 Å². The first-order chi connectivity index (χ1) is 8.58. The van der Waals surface area contributed by atoms with Crippen molar-refractivity contribution < 1.29 is 9.90 Å². The van der Waals surface area contributed by atoms with Crippen LogP contribution in [0, 0.1) is 0 Å². The third-order valence-electron chi connectivity index (χ3n) is 2.59. The summed E-state index contributed by atoms with van der Waals surface area (Å²) in [6.07, 6.45) is 1.71. The van der Waals surface area contributed by atoms with E-state index in [1.165, 1.54) is 0 Å². The van der Waals surface area contributed by atoms with Crippen molar-refractivity contribution in [2.45, 2.75) is 6.54 Å². The molecule has 0 fully saturated rings. The molecule has 0 bridgehead atoms. The first-order valence-corrected chi connectivity index (χ1v) is 6.11. The van der Waals surface area contributed by atoms with Gasteiger partial charge in [-0.25, -0.2) is 4.79 Å². The molecule has 0 amide bonds. The fourth-order valence-electron chi connectivity index (χ4n) is 1.61. The molecule has 2 aromatic rings. The Hall–Kier alpha value is -1.82. The normalized spacial score (nSPS) is 10.3. The van der Waals surface area contributed by atoms with Crippen molar-refractivity contribution in [3.8, 4) is 0 Å². The van der Waals surface area contributed by atoms with Crippen molar-refractivity contribution >= 4 is 27.6 Å². The molecule has 5 nitrogen and oxygen atoms in total. The van der Waals surface area contributed by atoms with Crippen LogP contribution in [0.25, 0.3) is 0 Å². The van der Waals surface area contributed by atoms with E-state index in [-0.39, 0.29) is 5.56 Å². The molecule has 0 aliphatic carbocycles. The van der Waals surface area contributed by atoms with Crippen LogP contribution in [0.1, 0.15) is 16.1 Å². The molecule has 0 atom stereocenters. The van der Waals surface area contributed by atoms with Crippen molar-refractivity contribution in [2.24, 2.45) is 7.05 Å². The van der Waals surface area contributed by atoms with Gasteiger partial charge in [0.25, 0.3) is 0 Å². The SMILES string of the molecule is Cn1nccc1CNc1ccc(Br)cc1C(=O)O. The lowest BCUT2D eigenvalue weighted by Gasteiger charge is -2.10. The smallest absolute Gasteiger partial charge is 0.337 e. The highest BCUT2D eigenvalue weighted by atomic mass is 79.9. The van der Waals surface area contributed by atoms with Gasteiger partial charge in [0.05, 0.1) is 17.8 Å². The first-order valence-electron chi connectivity index (χ1n) is 5.31. The van der Waals surface area contributed by atoms with Gasteiger partial charge in [-0.05, 0) is 24.3 Å². The molecule has 18 heavy (non-hydrogen) atoms. The summed E-state index contributed by atoms with van der Waals surface area (Å²) >= 11 is 3.26. The van der Waals surface area contributed by atoms with E-state index in [4.69, 9.17) is 5.11 Å². The van der Waals surface area contributed by atoms with Crippen LogP contribution in [-0.4, -0.2) is 20.9 Å². The number of aromatic nitrogens is 2. The van der Waals surface area contributed by atoms with Crippen molar-refractivity contribution in [1.82, 2.24) is 9.78 Å². The van der Waals surface area contributed by atoms with Gasteiger partial charge in [-0.3, -0.25) is 4.68 Å². The van der Waals surface area contributed by atoms with Gasteiger partial charge in [-0.15, -0.1) is 0 Å². The molecule has 0 spiro atoms. The van der Waals surface area contributed by atoms with Crippen LogP contribution in [0.4, 0.5) is 5.69 Å². The summed E-state index contributed by atoms with van der Waals surface area (Å²) < 4.78 is 2.48. The van der Waals surface area contributed by atoms with Crippen LogP contribution in [0.2, 0.25) is 0 Å². The standard InChI is InChI=1S/C12H12BrN3O2/c1-16-9(4-5-15-16)7-14-11-3-2-8(13)6-10(11)12(17)18/h2-6,14H,7H2,1H3,(H,17,18). The molecule has 0 saturated carbocycles. The number of carbonyl (C=O) groups is 1. The van der Waals surface area contributed by atoms with E-state index in [1.807, 2.05) is 13.1 Å². The van der Waals surface area contributed by atoms with Crippen molar-refractivity contribution in [1.29, 1.82) is 0 Å². The van der Waals surface area contributed by atoms with Crippen LogP contribution in [0.3, 0.4) is 0 Å². The highest BCUT2D eigenvalue weighted by Gasteiger charge is 2.10. The highest BCUT2D eigenvalue weighted by Crippen LogP contribution is 2.21. The Morgan fingerprint density at radius 3 is 2.89 bits per heavy atom. The predicted molar refractivity (Wildman–Crippen MR) is 71.6 cm³/mol. The second-order valence-electron chi connectivity index (χ2n) is 3.79. The summed E-state index contributed by atoms with van der Waals surface area (Å²) in [6, 6.07) is 7.00. The number of nitrogens with zero attached hydrogens (tertiary/aromatic N) is 2. The second-order valence-corrected chi connectivity index (χ2v) is 4.71. The Morgan fingerprint density at radius 2 is 2.28 bits per heavy atom. The molecular weight excluding hydrogens is 298 g/mol. The molecule has 0 saturated heterocycles. The molecule has 0 aliphatic heterocycles. The molecule has 0 radical (unpaired) electrons. The Balaban J connectivity index is 2.19. The second kappa shape index (κ2) is 5.22. The van der Waals surface area contributed by atoms with Crippen LogP contribution >= 0.6 is 15.9 Å². The van der Waals surface area contributed by atoms with E-state index in [0.717, 1.165) is 10.2 Å². The van der Waals surface area contributed by atoms with Gasteiger partial charge in [0.2, 0.25) is 0 Å². The quantitative estimate of drug-likeness (QED) is 0.910. The first kappa shape index (κ1) is 12.6. The lowest BCUT2D eigenvalue weighted by atomic mass is 10.2. The van der Waals surface area contributed by atoms with E-state index in [0.29, 0.717) is 12.2 Å². The van der Waals surface area contributed by atoms with E-state index < -0.39 is 5.97 Å². The van der Waals surface area contributed by atoms with Crippen molar-refractivity contribution in [3.63, 3.8) is 0 Å². The number of rotatable bonds is 4. The van der Waals surface area contributed by atoms with E-state index in [1.54, 1.807) is 29.1 Å². The van der Waals surface area contributed by atoms with Gasteiger partial charge in [-0.1, -0.05) is 15.9 Å². The zero-order chi connectivity index (χ0) is 13.1. The molecule has 1 heterocycles. The van der Waals surface area contributed by atoms with Crippen LogP contribution in [0.5, 0.6) is 0 Å². The van der Waals surface area contributed by atoms with Gasteiger partial charge < -0.3 is 10.4 Å². The van der Waals surface area contributed by atoms with E-state index >= 15 is 0 Å². The van der Waals surface area contributed by atoms with Gasteiger partial charge in [0.1, 0.15) is 0 Å². The number of benzene rings is 1. The number of halogens is 1. The molecule has 2 N–H and O–H groups in total. The molecule has 0 aliphatic rings. The van der Waals surface area contributed by atoms with Crippen molar-refractivity contribution in [3.05, 3.63) is 46.2 Å². The molecule has 1 aromatic heterocycles. The molecule has 6 heteroatoms. The summed E-state index contributed by atoms with van der Waals surface area (Å²) in [5.41, 5.74) is 1.81. The number of nitrogens with one attached hydrogen (secondary N) is 1. The number of hydrogen-bond donors (Lipinski definition) is 2. The fraction of sp³-hybridized carbons (Fsp3) is 0.167. The highest BCUT2D eigenvalue weighted by molar-refractivity contribution is 9.10. The molecule has 1 aromatic carbocycles. The van der Waals surface area contributed by atoms with Gasteiger partial charge in [-0.2, -0.15) is 5.10 Å². The maximum Gasteiger partial charge on any atom is 0.337 e. The summed E-state index contributed by atoms with van der Waals surface area (Å²) in [5.74, 6) is -0.955. The van der Waals surface area contributed by atoms with Gasteiger partial charge >= 0.3 is 5.97 Å². The number of hydrogen-bond acceptors (Lipinski definition) is 3. The molecule has 0 unspecified atom stereocenters. The minimum absolute atomic E-state index is 0.242. The Kier molecular flexibility index (Phi) is 3.66. The van der Waals surface area contributed by atoms with Crippen LogP contribution in [0.15, 0.2) is 34.9 Å². The van der Waals surface area contributed by atoms with E-state index in [9.17, 15) is 4.79 Å². The maximum atomic E-state index is 11.1. The monoisotopic (exact) mass is 309 g/mol. The number of carboxylic acids is 1. The summed E-state index contributed by atoms with van der Waals surface area (Å²) in [7, 11) is 1.84. The zero-order valence-corrected chi connectivity index (χ0v) is 11.3. The van der Waals surface area contributed by atoms with E-state index in [2.05, 4.69) is 26.3 Å².